The number of rotatable bonds is 5. The summed E-state index contributed by atoms with van der Waals surface area (Å²) in [6.07, 6.45) is 1.23. The summed E-state index contributed by atoms with van der Waals surface area (Å²) in [7, 11) is -3.88. The van der Waals surface area contributed by atoms with Crippen LogP contribution in [0, 0.1) is 0 Å². The van der Waals surface area contributed by atoms with Crippen molar-refractivity contribution < 1.29 is 18.0 Å². The number of nitrogens with zero attached hydrogens (tertiary/aromatic N) is 2. The quantitative estimate of drug-likeness (QED) is 0.308. The van der Waals surface area contributed by atoms with E-state index in [9.17, 15) is 18.0 Å². The van der Waals surface area contributed by atoms with E-state index < -0.39 is 21.8 Å². The van der Waals surface area contributed by atoms with Crippen LogP contribution in [0.2, 0.25) is 0 Å². The fourth-order valence-electron chi connectivity index (χ4n) is 3.35. The van der Waals surface area contributed by atoms with E-state index in [0.717, 1.165) is 10.8 Å². The first-order valence-corrected chi connectivity index (χ1v) is 11.7. The molecule has 3 aromatic carbocycles. The third-order valence-electron chi connectivity index (χ3n) is 4.94. The minimum atomic E-state index is -3.88. The molecule has 0 bridgehead atoms. The number of primary sulfonamides is 1. The Bertz CT molecular complexity index is 1540. The Balaban J connectivity index is 1.62. The molecule has 172 valence electrons. The van der Waals surface area contributed by atoms with Crippen LogP contribution in [0.4, 0.5) is 5.82 Å². The minimum Gasteiger partial charge on any atom is -0.365 e. The summed E-state index contributed by atoms with van der Waals surface area (Å²) in [6, 6.07) is 18.2. The number of amides is 2. The normalized spacial score (nSPS) is 11.2. The van der Waals surface area contributed by atoms with E-state index in [1.54, 1.807) is 12.1 Å². The van der Waals surface area contributed by atoms with E-state index in [0.29, 0.717) is 11.3 Å². The number of hydrogen-bond acceptors (Lipinski definition) is 6. The van der Waals surface area contributed by atoms with Gasteiger partial charge in [-0.15, -0.1) is 0 Å². The summed E-state index contributed by atoms with van der Waals surface area (Å²) in [6.45, 7) is 0. The first-order valence-electron chi connectivity index (χ1n) is 9.76. The molecule has 1 heterocycles. The van der Waals surface area contributed by atoms with Crippen LogP contribution in [0.3, 0.4) is 0 Å². The van der Waals surface area contributed by atoms with Crippen LogP contribution >= 0.6 is 12.2 Å². The molecule has 0 saturated heterocycles. The van der Waals surface area contributed by atoms with Crippen molar-refractivity contribution in [1.29, 1.82) is 0 Å². The zero-order valence-electron chi connectivity index (χ0n) is 17.4. The van der Waals surface area contributed by atoms with Crippen molar-refractivity contribution in [3.05, 3.63) is 84.1 Å². The van der Waals surface area contributed by atoms with E-state index in [1.165, 1.54) is 35.1 Å². The van der Waals surface area contributed by atoms with E-state index in [4.69, 9.17) is 23.1 Å². The van der Waals surface area contributed by atoms with Gasteiger partial charge in [0.1, 0.15) is 11.4 Å². The number of carbonyl (C=O) groups excluding carboxylic acids is 2. The fraction of sp³-hybridized carbons (Fsp3) is 0. The van der Waals surface area contributed by atoms with Gasteiger partial charge in [-0.2, -0.15) is 5.10 Å². The van der Waals surface area contributed by atoms with Gasteiger partial charge in [-0.1, -0.05) is 36.4 Å². The molecule has 1 aromatic heterocycles. The number of primary amides is 1. The van der Waals surface area contributed by atoms with E-state index in [2.05, 4.69) is 15.7 Å². The fourth-order valence-corrected chi connectivity index (χ4v) is 4.06. The number of hydrogen-bond donors (Lipinski definition) is 4. The predicted molar refractivity (Wildman–Crippen MR) is 131 cm³/mol. The lowest BCUT2D eigenvalue weighted by molar-refractivity contribution is 0.0977. The molecule has 10 nitrogen and oxygen atoms in total. The van der Waals surface area contributed by atoms with Crippen molar-refractivity contribution in [3.63, 3.8) is 0 Å². The van der Waals surface area contributed by atoms with Crippen molar-refractivity contribution in [2.75, 3.05) is 5.32 Å². The van der Waals surface area contributed by atoms with Gasteiger partial charge >= 0.3 is 0 Å². The minimum absolute atomic E-state index is 0.0114. The van der Waals surface area contributed by atoms with Crippen molar-refractivity contribution >= 4 is 55.8 Å². The topological polar surface area (TPSA) is 162 Å². The Hall–Kier alpha value is -4.13. The Morgan fingerprint density at radius 3 is 2.29 bits per heavy atom. The van der Waals surface area contributed by atoms with Crippen molar-refractivity contribution in [2.24, 2.45) is 10.9 Å². The molecule has 0 aliphatic carbocycles. The maximum atomic E-state index is 12.9. The predicted octanol–water partition coefficient (Wildman–Crippen LogP) is 1.90. The highest BCUT2D eigenvalue weighted by Gasteiger charge is 2.19. The second-order valence-electron chi connectivity index (χ2n) is 7.16. The summed E-state index contributed by atoms with van der Waals surface area (Å²) in [5, 5.41) is 16.2. The van der Waals surface area contributed by atoms with Gasteiger partial charge < -0.3 is 11.1 Å². The standard InChI is InChI=1S/C22H18N6O4S2/c23-19(29)18-12-25-28(14-8-10-15(11-9-14)34(24,31)32)20(18)26-22(33)27-21(30)17-7-3-5-13-4-1-2-6-16(13)17/h1-12H,(H2,23,29)(H2,24,31,32)(H2,26,27,30,33). The molecule has 0 aliphatic heterocycles. The molecular weight excluding hydrogens is 476 g/mol. The van der Waals surface area contributed by atoms with Gasteiger partial charge in [-0.3, -0.25) is 14.9 Å². The third kappa shape index (κ3) is 4.64. The first kappa shape index (κ1) is 23.0. The van der Waals surface area contributed by atoms with E-state index >= 15 is 0 Å². The molecule has 0 radical (unpaired) electrons. The number of sulfonamides is 1. The van der Waals surface area contributed by atoms with Crippen LogP contribution in [-0.4, -0.2) is 35.1 Å². The van der Waals surface area contributed by atoms with Crippen molar-refractivity contribution in [3.8, 4) is 5.69 Å². The monoisotopic (exact) mass is 494 g/mol. The maximum absolute atomic E-state index is 12.9. The van der Waals surface area contributed by atoms with Crippen molar-refractivity contribution in [1.82, 2.24) is 15.1 Å². The van der Waals surface area contributed by atoms with Gasteiger partial charge in [0.25, 0.3) is 11.8 Å². The van der Waals surface area contributed by atoms with Crippen LogP contribution in [0.25, 0.3) is 16.5 Å². The number of carbonyl (C=O) groups is 2. The highest BCUT2D eigenvalue weighted by molar-refractivity contribution is 7.89. The van der Waals surface area contributed by atoms with Gasteiger partial charge in [0.2, 0.25) is 10.0 Å². The SMILES string of the molecule is NC(=O)c1cnn(-c2ccc(S(N)(=O)=O)cc2)c1NC(=S)NC(=O)c1cccc2ccccc12. The van der Waals surface area contributed by atoms with Crippen LogP contribution < -0.4 is 21.5 Å². The van der Waals surface area contributed by atoms with E-state index in [1.807, 2.05) is 30.3 Å². The molecule has 4 aromatic rings. The number of thiocarbonyl (C=S) groups is 1. The zero-order chi connectivity index (χ0) is 24.5. The number of nitrogens with two attached hydrogens (primary N) is 2. The molecule has 0 aliphatic rings. The van der Waals surface area contributed by atoms with Gasteiger partial charge in [-0.05, 0) is 53.3 Å². The lowest BCUT2D eigenvalue weighted by atomic mass is 10.0. The molecule has 12 heteroatoms. The van der Waals surface area contributed by atoms with Gasteiger partial charge in [0, 0.05) is 5.56 Å². The first-order chi connectivity index (χ1) is 16.1. The zero-order valence-corrected chi connectivity index (χ0v) is 19.1. The number of anilines is 1. The Morgan fingerprint density at radius 1 is 0.941 bits per heavy atom. The summed E-state index contributed by atoms with van der Waals surface area (Å²) < 4.78 is 24.3. The summed E-state index contributed by atoms with van der Waals surface area (Å²) in [5.41, 5.74) is 6.28. The van der Waals surface area contributed by atoms with Gasteiger partial charge in [0.15, 0.2) is 5.11 Å². The molecule has 0 spiro atoms. The van der Waals surface area contributed by atoms with Crippen LogP contribution in [-0.2, 0) is 10.0 Å². The molecule has 0 saturated carbocycles. The number of benzene rings is 3. The molecule has 0 unspecified atom stereocenters. The number of fused-ring (bicyclic) bond motifs is 1. The van der Waals surface area contributed by atoms with Crippen LogP contribution in [0.5, 0.6) is 0 Å². The highest BCUT2D eigenvalue weighted by atomic mass is 32.2. The van der Waals surface area contributed by atoms with Gasteiger partial charge in [-0.25, -0.2) is 18.2 Å². The second kappa shape index (κ2) is 9.02. The Kier molecular flexibility index (Phi) is 6.11. The molecule has 6 N–H and O–H groups in total. The Morgan fingerprint density at radius 2 is 1.62 bits per heavy atom. The molecule has 4 rings (SSSR count). The maximum Gasteiger partial charge on any atom is 0.258 e. The van der Waals surface area contributed by atoms with Crippen LogP contribution in [0.15, 0.2) is 77.8 Å². The second-order valence-corrected chi connectivity index (χ2v) is 9.13. The Labute approximate surface area is 199 Å². The smallest absolute Gasteiger partial charge is 0.258 e. The number of aromatic nitrogens is 2. The van der Waals surface area contributed by atoms with Crippen LogP contribution in [0.1, 0.15) is 20.7 Å². The lowest BCUT2D eigenvalue weighted by Gasteiger charge is -2.14. The number of nitrogens with one attached hydrogen (secondary N) is 2. The molecule has 2 amide bonds. The van der Waals surface area contributed by atoms with E-state index in [-0.39, 0.29) is 21.4 Å². The summed E-state index contributed by atoms with van der Waals surface area (Å²) in [5.74, 6) is -1.13. The average molecular weight is 495 g/mol. The van der Waals surface area contributed by atoms with Crippen molar-refractivity contribution in [2.45, 2.75) is 4.90 Å². The highest BCUT2D eigenvalue weighted by Crippen LogP contribution is 2.22. The molecule has 0 atom stereocenters. The largest absolute Gasteiger partial charge is 0.365 e. The average Bonchev–Trinajstić information content (AvgIpc) is 3.21. The third-order valence-corrected chi connectivity index (χ3v) is 6.07. The summed E-state index contributed by atoms with van der Waals surface area (Å²) >= 11 is 5.29. The molecule has 0 fully saturated rings. The molecular formula is C22H18N6O4S2. The lowest BCUT2D eigenvalue weighted by Crippen LogP contribution is -2.35. The summed E-state index contributed by atoms with van der Waals surface area (Å²) in [4.78, 5) is 24.7. The molecule has 34 heavy (non-hydrogen) atoms. The van der Waals surface area contributed by atoms with Gasteiger partial charge in [0.05, 0.1) is 16.8 Å².